The van der Waals surface area contributed by atoms with Crippen LogP contribution >= 0.6 is 22.9 Å². The van der Waals surface area contributed by atoms with Crippen LogP contribution in [0, 0.1) is 10.1 Å². The van der Waals surface area contributed by atoms with Gasteiger partial charge in [0.1, 0.15) is 11.0 Å². The Morgan fingerprint density at radius 3 is 2.91 bits per heavy atom. The molecule has 0 radical (unpaired) electrons. The van der Waals surface area contributed by atoms with Gasteiger partial charge in [-0.2, -0.15) is 8.00 Å². The van der Waals surface area contributed by atoms with E-state index in [1.807, 2.05) is 22.9 Å². The highest BCUT2D eigenvalue weighted by molar-refractivity contribution is 14.1. The van der Waals surface area contributed by atoms with Crippen LogP contribution in [0.2, 0.25) is 0 Å². The fourth-order valence-corrected chi connectivity index (χ4v) is 1.94. The van der Waals surface area contributed by atoms with E-state index in [-0.39, 0.29) is 11.4 Å². The van der Waals surface area contributed by atoms with Gasteiger partial charge in [0.2, 0.25) is 0 Å². The average molecular weight is 425 g/mol. The minimum Gasteiger partial charge on any atom is -0.399 e. The highest BCUT2D eigenvalue weighted by Crippen LogP contribution is 2.26. The van der Waals surface area contributed by atoms with Crippen molar-refractivity contribution in [3.8, 4) is 0 Å². The van der Waals surface area contributed by atoms with Crippen molar-refractivity contribution in [2.75, 3.05) is 11.2 Å². The van der Waals surface area contributed by atoms with Gasteiger partial charge in [0.25, 0.3) is 5.69 Å². The zero-order valence-corrected chi connectivity index (χ0v) is 14.0. The van der Waals surface area contributed by atoms with Gasteiger partial charge in [0.05, 0.1) is 39.4 Å². The van der Waals surface area contributed by atoms with E-state index >= 15 is 0 Å². The van der Waals surface area contributed by atoms with Gasteiger partial charge in [0.15, 0.2) is 0 Å². The SMILES string of the molecule is C=C(/C=N/Nc1ccc(N)cc1[N+](=O)[O-])/C=c1/nnn(I)c1=C. The molecule has 0 fully saturated rings. The van der Waals surface area contributed by atoms with Crippen molar-refractivity contribution >= 4 is 58.8 Å². The first kappa shape index (κ1) is 16.6. The van der Waals surface area contributed by atoms with Crippen molar-refractivity contribution in [2.45, 2.75) is 0 Å². The molecule has 10 heteroatoms. The molecule has 0 amide bonds. The molecule has 2 aromatic rings. The minimum atomic E-state index is -0.539. The molecule has 0 bridgehead atoms. The lowest BCUT2D eigenvalue weighted by atomic mass is 10.2. The summed E-state index contributed by atoms with van der Waals surface area (Å²) in [5.74, 6) is 0. The molecule has 0 atom stereocenters. The Balaban J connectivity index is 2.15. The van der Waals surface area contributed by atoms with E-state index in [2.05, 4.69) is 34.0 Å². The van der Waals surface area contributed by atoms with Crippen LogP contribution < -0.4 is 21.9 Å². The van der Waals surface area contributed by atoms with Crippen LogP contribution in [0.1, 0.15) is 0 Å². The van der Waals surface area contributed by atoms with Crippen LogP contribution in [0.3, 0.4) is 0 Å². The van der Waals surface area contributed by atoms with Crippen LogP contribution in [-0.2, 0) is 0 Å². The Morgan fingerprint density at radius 1 is 1.57 bits per heavy atom. The van der Waals surface area contributed by atoms with Crippen molar-refractivity contribution in [2.24, 2.45) is 5.10 Å². The quantitative estimate of drug-likeness (QED) is 0.240. The summed E-state index contributed by atoms with van der Waals surface area (Å²) < 4.78 is 1.50. The molecular weight excluding hydrogens is 413 g/mol. The zero-order chi connectivity index (χ0) is 17.0. The maximum Gasteiger partial charge on any atom is 0.296 e. The molecule has 1 heterocycles. The summed E-state index contributed by atoms with van der Waals surface area (Å²) in [5.41, 5.74) is 9.01. The van der Waals surface area contributed by atoms with E-state index in [1.165, 1.54) is 21.2 Å². The van der Waals surface area contributed by atoms with Gasteiger partial charge in [-0.25, -0.2) is 0 Å². The van der Waals surface area contributed by atoms with E-state index < -0.39 is 4.92 Å². The van der Waals surface area contributed by atoms with E-state index in [0.717, 1.165) is 0 Å². The maximum absolute atomic E-state index is 11.0. The number of hydrogen-bond acceptors (Lipinski definition) is 7. The number of nitrogens with zero attached hydrogens (tertiary/aromatic N) is 5. The number of anilines is 2. The smallest absolute Gasteiger partial charge is 0.296 e. The van der Waals surface area contributed by atoms with Crippen LogP contribution in [0.5, 0.6) is 0 Å². The summed E-state index contributed by atoms with van der Waals surface area (Å²) in [6.45, 7) is 7.61. The van der Waals surface area contributed by atoms with Crippen molar-refractivity contribution in [1.29, 1.82) is 0 Å². The predicted octanol–water partition coefficient (Wildman–Crippen LogP) is 0.811. The van der Waals surface area contributed by atoms with E-state index in [4.69, 9.17) is 5.73 Å². The number of nitrogens with two attached hydrogens (primary N) is 1. The molecule has 0 saturated carbocycles. The summed E-state index contributed by atoms with van der Waals surface area (Å²) in [6.07, 6.45) is 3.05. The standard InChI is InChI=1S/C13H12IN7O2/c1-8(5-12-9(2)20(14)19-18-12)7-16-17-11-4-3-10(15)6-13(11)21(22)23/h3-7,17H,1-2,15H2/b12-5+,16-7+. The molecule has 9 nitrogen and oxygen atoms in total. The fraction of sp³-hybridized carbons (Fsp3) is 0. The van der Waals surface area contributed by atoms with Gasteiger partial charge in [-0.15, -0.1) is 5.10 Å². The van der Waals surface area contributed by atoms with Crippen LogP contribution in [0.4, 0.5) is 17.1 Å². The number of nitro benzene ring substituents is 1. The number of nitrogen functional groups attached to an aromatic ring is 1. The average Bonchev–Trinajstić information content (AvgIpc) is 2.80. The number of allylic oxidation sites excluding steroid dienone is 1. The largest absolute Gasteiger partial charge is 0.399 e. The maximum atomic E-state index is 11.0. The Labute approximate surface area is 144 Å². The van der Waals surface area contributed by atoms with E-state index in [9.17, 15) is 10.1 Å². The number of aromatic nitrogens is 3. The Hall–Kier alpha value is -2.76. The first-order valence-electron chi connectivity index (χ1n) is 6.19. The van der Waals surface area contributed by atoms with Gasteiger partial charge in [0, 0.05) is 11.8 Å². The summed E-state index contributed by atoms with van der Waals surface area (Å²) >= 11 is 1.95. The second-order valence-corrected chi connectivity index (χ2v) is 5.32. The lowest BCUT2D eigenvalue weighted by molar-refractivity contribution is -0.383. The molecule has 3 N–H and O–H groups in total. The van der Waals surface area contributed by atoms with Gasteiger partial charge in [-0.1, -0.05) is 18.4 Å². The number of rotatable bonds is 5. The Morgan fingerprint density at radius 2 is 2.30 bits per heavy atom. The number of nitro groups is 1. The molecule has 2 rings (SSSR count). The minimum absolute atomic E-state index is 0.162. The summed E-state index contributed by atoms with van der Waals surface area (Å²) in [4.78, 5) is 10.4. The second-order valence-electron chi connectivity index (χ2n) is 4.40. The predicted molar refractivity (Wildman–Crippen MR) is 97.4 cm³/mol. The molecule has 1 aromatic heterocycles. The van der Waals surface area contributed by atoms with Gasteiger partial charge in [-0.05, 0) is 23.8 Å². The van der Waals surface area contributed by atoms with Gasteiger partial charge >= 0.3 is 0 Å². The molecule has 0 aliphatic heterocycles. The van der Waals surface area contributed by atoms with Crippen molar-refractivity contribution < 1.29 is 4.92 Å². The first-order valence-corrected chi connectivity index (χ1v) is 7.15. The van der Waals surface area contributed by atoms with E-state index in [0.29, 0.717) is 22.0 Å². The Kier molecular flexibility index (Phi) is 5.05. The monoisotopic (exact) mass is 425 g/mol. The van der Waals surface area contributed by atoms with Crippen molar-refractivity contribution in [1.82, 2.24) is 13.2 Å². The Bertz CT molecular complexity index is 904. The summed E-state index contributed by atoms with van der Waals surface area (Å²) in [6, 6.07) is 4.28. The summed E-state index contributed by atoms with van der Waals surface area (Å²) in [7, 11) is 0. The zero-order valence-electron chi connectivity index (χ0n) is 11.8. The number of hydrazone groups is 1. The lowest BCUT2D eigenvalue weighted by Gasteiger charge is -2.02. The van der Waals surface area contributed by atoms with E-state index in [1.54, 1.807) is 12.1 Å². The van der Waals surface area contributed by atoms with Gasteiger partial charge < -0.3 is 5.73 Å². The first-order chi connectivity index (χ1) is 10.9. The molecule has 118 valence electrons. The number of hydrogen-bond donors (Lipinski definition) is 2. The molecule has 0 aliphatic carbocycles. The third-order valence-electron chi connectivity index (χ3n) is 2.71. The third kappa shape index (κ3) is 4.12. The number of benzene rings is 1. The number of halogens is 1. The van der Waals surface area contributed by atoms with Crippen LogP contribution in [0.25, 0.3) is 12.7 Å². The fourth-order valence-electron chi connectivity index (χ4n) is 1.60. The molecule has 0 saturated heterocycles. The topological polar surface area (TPSA) is 124 Å². The highest BCUT2D eigenvalue weighted by Gasteiger charge is 2.13. The highest BCUT2D eigenvalue weighted by atomic mass is 127. The summed E-state index contributed by atoms with van der Waals surface area (Å²) in [5, 5.41) is 23.8. The van der Waals surface area contributed by atoms with Crippen LogP contribution in [-0.4, -0.2) is 24.3 Å². The third-order valence-corrected chi connectivity index (χ3v) is 3.48. The van der Waals surface area contributed by atoms with Crippen LogP contribution in [0.15, 0.2) is 35.5 Å². The second kappa shape index (κ2) is 7.00. The molecule has 1 aromatic carbocycles. The molecule has 0 unspecified atom stereocenters. The molecular formula is C13H12IN7O2. The van der Waals surface area contributed by atoms with Gasteiger partial charge in [-0.3, -0.25) is 15.5 Å². The molecule has 0 aliphatic rings. The molecule has 23 heavy (non-hydrogen) atoms. The number of nitrogens with one attached hydrogen (secondary N) is 1. The molecule has 0 spiro atoms. The van der Waals surface area contributed by atoms with Crippen molar-refractivity contribution in [3.63, 3.8) is 0 Å². The lowest BCUT2D eigenvalue weighted by Crippen LogP contribution is -2.25. The van der Waals surface area contributed by atoms with Crippen molar-refractivity contribution in [3.05, 3.63) is 51.2 Å². The normalized spacial score (nSPS) is 11.8.